The average molecular weight is 225 g/mol. The van der Waals surface area contributed by atoms with Crippen LogP contribution in [0.25, 0.3) is 0 Å². The highest BCUT2D eigenvalue weighted by Gasteiger charge is 2.20. The van der Waals surface area contributed by atoms with E-state index in [1.807, 2.05) is 13.0 Å². The normalized spacial score (nSPS) is 14.2. The van der Waals surface area contributed by atoms with Crippen LogP contribution in [0.3, 0.4) is 0 Å². The van der Waals surface area contributed by atoms with Crippen molar-refractivity contribution in [1.29, 1.82) is 5.26 Å². The Labute approximate surface area is 93.1 Å². The highest BCUT2D eigenvalue weighted by Crippen LogP contribution is 2.26. The van der Waals surface area contributed by atoms with Crippen molar-refractivity contribution in [2.45, 2.75) is 25.9 Å². The van der Waals surface area contributed by atoms with Crippen LogP contribution in [0.5, 0.6) is 0 Å². The quantitative estimate of drug-likeness (QED) is 0.856. The van der Waals surface area contributed by atoms with E-state index in [4.69, 9.17) is 5.26 Å². The van der Waals surface area contributed by atoms with Gasteiger partial charge < -0.3 is 5.11 Å². The van der Waals surface area contributed by atoms with Gasteiger partial charge in [-0.3, -0.25) is 0 Å². The first-order chi connectivity index (χ1) is 7.60. The fourth-order valence-electron chi connectivity index (χ4n) is 1.53. The van der Waals surface area contributed by atoms with Crippen molar-refractivity contribution < 1.29 is 13.9 Å². The monoisotopic (exact) mass is 225 g/mol. The zero-order chi connectivity index (χ0) is 12.1. The van der Waals surface area contributed by atoms with Gasteiger partial charge in [-0.25, -0.2) is 8.78 Å². The third-order valence-electron chi connectivity index (χ3n) is 2.43. The smallest absolute Gasteiger partial charge is 0.159 e. The second-order valence-electron chi connectivity index (χ2n) is 3.64. The van der Waals surface area contributed by atoms with Gasteiger partial charge in [0.1, 0.15) is 0 Å². The maximum absolute atomic E-state index is 12.9. The van der Waals surface area contributed by atoms with Gasteiger partial charge in [-0.2, -0.15) is 5.26 Å². The summed E-state index contributed by atoms with van der Waals surface area (Å²) in [4.78, 5) is 0. The van der Waals surface area contributed by atoms with Gasteiger partial charge in [-0.05, 0) is 24.1 Å². The van der Waals surface area contributed by atoms with Crippen molar-refractivity contribution >= 4 is 0 Å². The van der Waals surface area contributed by atoms with Gasteiger partial charge in [0, 0.05) is 0 Å². The number of nitriles is 1. The van der Waals surface area contributed by atoms with E-state index in [9.17, 15) is 13.9 Å². The van der Waals surface area contributed by atoms with Gasteiger partial charge in [0.25, 0.3) is 0 Å². The summed E-state index contributed by atoms with van der Waals surface area (Å²) in [5.41, 5.74) is 0.235. The maximum atomic E-state index is 12.9. The zero-order valence-electron chi connectivity index (χ0n) is 8.95. The Morgan fingerprint density at radius 3 is 2.56 bits per heavy atom. The summed E-state index contributed by atoms with van der Waals surface area (Å²) in [6, 6.07) is 5.15. The average Bonchev–Trinajstić information content (AvgIpc) is 2.28. The molecule has 0 saturated carbocycles. The van der Waals surface area contributed by atoms with Crippen LogP contribution in [0.4, 0.5) is 8.78 Å². The molecule has 2 unspecified atom stereocenters. The van der Waals surface area contributed by atoms with Crippen molar-refractivity contribution in [2.24, 2.45) is 5.92 Å². The Kier molecular flexibility index (Phi) is 4.39. The molecule has 0 amide bonds. The molecule has 1 aromatic carbocycles. The van der Waals surface area contributed by atoms with Crippen molar-refractivity contribution in [1.82, 2.24) is 0 Å². The summed E-state index contributed by atoms with van der Waals surface area (Å²) in [5, 5.41) is 18.7. The summed E-state index contributed by atoms with van der Waals surface area (Å²) < 4.78 is 25.6. The molecule has 1 rings (SSSR count). The molecule has 4 heteroatoms. The van der Waals surface area contributed by atoms with Gasteiger partial charge in [-0.1, -0.05) is 19.4 Å². The predicted octanol–water partition coefficient (Wildman–Crippen LogP) is 2.94. The second-order valence-corrected chi connectivity index (χ2v) is 3.64. The fraction of sp³-hybridized carbons (Fsp3) is 0.417. The largest absolute Gasteiger partial charge is 0.387 e. The third-order valence-corrected chi connectivity index (χ3v) is 2.43. The summed E-state index contributed by atoms with van der Waals surface area (Å²) in [6.45, 7) is 1.89. The minimum Gasteiger partial charge on any atom is -0.387 e. The Bertz CT molecular complexity index is 400. The summed E-state index contributed by atoms with van der Waals surface area (Å²) in [7, 11) is 0. The lowest BCUT2D eigenvalue weighted by molar-refractivity contribution is 0.129. The number of aliphatic hydroxyl groups excluding tert-OH is 1. The van der Waals surface area contributed by atoms with E-state index in [0.29, 0.717) is 6.42 Å². The number of hydrogen-bond donors (Lipinski definition) is 1. The number of aliphatic hydroxyl groups is 1. The molecule has 0 aromatic heterocycles. The lowest BCUT2D eigenvalue weighted by atomic mass is 9.93. The second kappa shape index (κ2) is 5.57. The molecule has 86 valence electrons. The molecule has 0 fully saturated rings. The molecule has 2 atom stereocenters. The summed E-state index contributed by atoms with van der Waals surface area (Å²) in [5.74, 6) is -2.56. The van der Waals surface area contributed by atoms with Crippen LogP contribution < -0.4 is 0 Å². The molecule has 0 heterocycles. The summed E-state index contributed by atoms with van der Waals surface area (Å²) in [6.07, 6.45) is 0.204. The van der Waals surface area contributed by atoms with E-state index >= 15 is 0 Å². The minimum atomic E-state index is -1.07. The van der Waals surface area contributed by atoms with E-state index < -0.39 is 23.7 Å². The van der Waals surface area contributed by atoms with Crippen LogP contribution in [0.15, 0.2) is 18.2 Å². The Hall–Kier alpha value is -1.47. The van der Waals surface area contributed by atoms with Crippen LogP contribution in [-0.2, 0) is 0 Å². The van der Waals surface area contributed by atoms with Crippen molar-refractivity contribution in [3.8, 4) is 6.07 Å². The van der Waals surface area contributed by atoms with Crippen LogP contribution in [-0.4, -0.2) is 5.11 Å². The molecule has 16 heavy (non-hydrogen) atoms. The van der Waals surface area contributed by atoms with Gasteiger partial charge >= 0.3 is 0 Å². The predicted molar refractivity (Wildman–Crippen MR) is 55.3 cm³/mol. The Balaban J connectivity index is 2.91. The number of benzene rings is 1. The first-order valence-electron chi connectivity index (χ1n) is 5.12. The molecule has 0 saturated heterocycles. The Morgan fingerprint density at radius 1 is 1.38 bits per heavy atom. The molecule has 0 radical (unpaired) electrons. The van der Waals surface area contributed by atoms with Crippen LogP contribution in [0.2, 0.25) is 0 Å². The molecular formula is C12H13F2NO. The molecule has 1 aromatic rings. The third kappa shape index (κ3) is 2.77. The number of rotatable bonds is 4. The molecular weight excluding hydrogens is 212 g/mol. The number of nitrogens with zero attached hydrogens (tertiary/aromatic N) is 1. The van der Waals surface area contributed by atoms with E-state index in [0.717, 1.165) is 18.6 Å². The number of hydrogen-bond acceptors (Lipinski definition) is 2. The topological polar surface area (TPSA) is 44.0 Å². The van der Waals surface area contributed by atoms with Crippen LogP contribution >= 0.6 is 0 Å². The molecule has 0 spiro atoms. The van der Waals surface area contributed by atoms with E-state index in [1.165, 1.54) is 6.07 Å². The van der Waals surface area contributed by atoms with E-state index in [-0.39, 0.29) is 5.56 Å². The lowest BCUT2D eigenvalue weighted by Crippen LogP contribution is -2.11. The zero-order valence-corrected chi connectivity index (χ0v) is 8.95. The number of halogens is 2. The molecule has 0 aliphatic carbocycles. The first kappa shape index (κ1) is 12.6. The van der Waals surface area contributed by atoms with Crippen molar-refractivity contribution in [3.63, 3.8) is 0 Å². The highest BCUT2D eigenvalue weighted by atomic mass is 19.2. The maximum Gasteiger partial charge on any atom is 0.159 e. The van der Waals surface area contributed by atoms with Crippen molar-refractivity contribution in [3.05, 3.63) is 35.4 Å². The van der Waals surface area contributed by atoms with Gasteiger partial charge in [-0.15, -0.1) is 0 Å². The van der Waals surface area contributed by atoms with Crippen molar-refractivity contribution in [2.75, 3.05) is 0 Å². The molecule has 0 aliphatic heterocycles. The summed E-state index contributed by atoms with van der Waals surface area (Å²) >= 11 is 0. The van der Waals surface area contributed by atoms with E-state index in [1.54, 1.807) is 0 Å². The lowest BCUT2D eigenvalue weighted by Gasteiger charge is -2.16. The standard InChI is InChI=1S/C12H13F2NO/c1-2-3-9(7-15)12(16)8-4-5-10(13)11(14)6-8/h4-6,9,12,16H,2-3H2,1H3. The highest BCUT2D eigenvalue weighted by molar-refractivity contribution is 5.21. The molecule has 2 nitrogen and oxygen atoms in total. The van der Waals surface area contributed by atoms with Gasteiger partial charge in [0.15, 0.2) is 11.6 Å². The first-order valence-corrected chi connectivity index (χ1v) is 5.12. The Morgan fingerprint density at radius 2 is 2.06 bits per heavy atom. The van der Waals surface area contributed by atoms with E-state index in [2.05, 4.69) is 0 Å². The van der Waals surface area contributed by atoms with Crippen LogP contribution in [0, 0.1) is 28.9 Å². The van der Waals surface area contributed by atoms with Gasteiger partial charge in [0.05, 0.1) is 18.1 Å². The fourth-order valence-corrected chi connectivity index (χ4v) is 1.53. The SMILES string of the molecule is CCCC(C#N)C(O)c1ccc(F)c(F)c1. The van der Waals surface area contributed by atoms with Gasteiger partial charge in [0.2, 0.25) is 0 Å². The van der Waals surface area contributed by atoms with Crippen LogP contribution in [0.1, 0.15) is 31.4 Å². The molecule has 1 N–H and O–H groups in total. The minimum absolute atomic E-state index is 0.235. The molecule has 0 aliphatic rings. The molecule has 0 bridgehead atoms.